The van der Waals surface area contributed by atoms with Crippen molar-refractivity contribution < 1.29 is 18.0 Å². The van der Waals surface area contributed by atoms with E-state index in [1.54, 1.807) is 23.1 Å². The Bertz CT molecular complexity index is 969. The Balaban J connectivity index is 1.62. The predicted octanol–water partition coefficient (Wildman–Crippen LogP) is 4.56. The lowest BCUT2D eigenvalue weighted by atomic mass is 10.2. The van der Waals surface area contributed by atoms with Crippen LogP contribution in [0, 0.1) is 11.6 Å². The molecule has 0 spiro atoms. The van der Waals surface area contributed by atoms with Gasteiger partial charge < -0.3 is 9.32 Å². The lowest BCUT2D eigenvalue weighted by molar-refractivity contribution is 0.0714. The molecule has 1 aromatic heterocycles. The molecule has 3 aromatic rings. The number of oxazole rings is 1. The normalized spacial score (nSPS) is 14.0. The van der Waals surface area contributed by atoms with Gasteiger partial charge in [-0.15, -0.1) is 0 Å². The predicted molar refractivity (Wildman–Crippen MR) is 88.3 cm³/mol. The van der Waals surface area contributed by atoms with Gasteiger partial charge in [-0.05, 0) is 49.2 Å². The van der Waals surface area contributed by atoms with Gasteiger partial charge in [-0.25, -0.2) is 13.8 Å². The Morgan fingerprint density at radius 1 is 1.20 bits per heavy atom. The number of halogens is 3. The molecule has 4 rings (SSSR count). The molecule has 1 fully saturated rings. The minimum absolute atomic E-state index is 0.0548. The Labute approximate surface area is 147 Å². The van der Waals surface area contributed by atoms with E-state index in [2.05, 4.69) is 4.98 Å². The van der Waals surface area contributed by atoms with Crippen LogP contribution in [0.5, 0.6) is 0 Å². The Kier molecular flexibility index (Phi) is 3.92. The van der Waals surface area contributed by atoms with Gasteiger partial charge in [0.2, 0.25) is 5.89 Å². The Morgan fingerprint density at radius 3 is 2.72 bits per heavy atom. The van der Waals surface area contributed by atoms with Crippen molar-refractivity contribution in [3.05, 3.63) is 64.5 Å². The van der Waals surface area contributed by atoms with Crippen LogP contribution in [-0.2, 0) is 6.54 Å². The molecular weight excluding hydrogens is 350 g/mol. The van der Waals surface area contributed by atoms with E-state index in [9.17, 15) is 13.6 Å². The number of benzene rings is 2. The molecule has 1 amide bonds. The fraction of sp³-hybridized carbons (Fsp3) is 0.222. The van der Waals surface area contributed by atoms with Crippen LogP contribution >= 0.6 is 11.6 Å². The van der Waals surface area contributed by atoms with E-state index in [1.165, 1.54) is 6.07 Å². The zero-order chi connectivity index (χ0) is 17.6. The summed E-state index contributed by atoms with van der Waals surface area (Å²) >= 11 is 5.94. The molecule has 0 bridgehead atoms. The van der Waals surface area contributed by atoms with E-state index in [4.69, 9.17) is 16.0 Å². The topological polar surface area (TPSA) is 46.3 Å². The number of aromatic nitrogens is 1. The van der Waals surface area contributed by atoms with E-state index in [0.717, 1.165) is 25.0 Å². The molecular formula is C18H13ClF2N2O2. The molecule has 2 aromatic carbocycles. The first-order valence-corrected chi connectivity index (χ1v) is 8.20. The first-order valence-electron chi connectivity index (χ1n) is 7.82. The van der Waals surface area contributed by atoms with Gasteiger partial charge in [0.25, 0.3) is 5.91 Å². The standard InChI is InChI=1S/C18H13ClF2N2O2/c19-11-2-6-16-15(8-11)22-17(25-16)9-23(12-3-4-12)18(24)10-1-5-13(20)14(21)7-10/h1-2,5-8,12H,3-4,9H2. The van der Waals surface area contributed by atoms with Crippen molar-refractivity contribution in [2.75, 3.05) is 0 Å². The Morgan fingerprint density at radius 2 is 2.00 bits per heavy atom. The molecule has 0 aliphatic heterocycles. The number of carbonyl (C=O) groups excluding carboxylic acids is 1. The molecule has 25 heavy (non-hydrogen) atoms. The first kappa shape index (κ1) is 16.0. The monoisotopic (exact) mass is 362 g/mol. The van der Waals surface area contributed by atoms with Crippen molar-refractivity contribution >= 4 is 28.6 Å². The lowest BCUT2D eigenvalue weighted by Gasteiger charge is -2.20. The number of amides is 1. The van der Waals surface area contributed by atoms with Crippen molar-refractivity contribution in [3.63, 3.8) is 0 Å². The highest BCUT2D eigenvalue weighted by Gasteiger charge is 2.34. The van der Waals surface area contributed by atoms with Crippen LogP contribution in [0.3, 0.4) is 0 Å². The van der Waals surface area contributed by atoms with E-state index in [0.29, 0.717) is 22.0 Å². The minimum Gasteiger partial charge on any atom is -0.439 e. The smallest absolute Gasteiger partial charge is 0.254 e. The van der Waals surface area contributed by atoms with Crippen LogP contribution in [-0.4, -0.2) is 21.8 Å². The second-order valence-electron chi connectivity index (χ2n) is 6.01. The van der Waals surface area contributed by atoms with Crippen molar-refractivity contribution in [1.29, 1.82) is 0 Å². The molecule has 0 radical (unpaired) electrons. The largest absolute Gasteiger partial charge is 0.439 e. The molecule has 1 saturated carbocycles. The molecule has 0 N–H and O–H groups in total. The maximum Gasteiger partial charge on any atom is 0.254 e. The summed E-state index contributed by atoms with van der Waals surface area (Å²) in [5.41, 5.74) is 1.29. The molecule has 4 nitrogen and oxygen atoms in total. The summed E-state index contributed by atoms with van der Waals surface area (Å²) in [6.07, 6.45) is 1.73. The van der Waals surface area contributed by atoms with Gasteiger partial charge in [0.05, 0.1) is 6.54 Å². The van der Waals surface area contributed by atoms with Gasteiger partial charge in [0, 0.05) is 16.6 Å². The van der Waals surface area contributed by atoms with Crippen molar-refractivity contribution in [3.8, 4) is 0 Å². The summed E-state index contributed by atoms with van der Waals surface area (Å²) in [5.74, 6) is -2.02. The second kappa shape index (κ2) is 6.11. The lowest BCUT2D eigenvalue weighted by Crippen LogP contribution is -2.32. The average molecular weight is 363 g/mol. The van der Waals surface area contributed by atoms with E-state index < -0.39 is 11.6 Å². The molecule has 7 heteroatoms. The second-order valence-corrected chi connectivity index (χ2v) is 6.45. The van der Waals surface area contributed by atoms with E-state index in [1.807, 2.05) is 0 Å². The number of carbonyl (C=O) groups is 1. The van der Waals surface area contributed by atoms with Crippen molar-refractivity contribution in [2.24, 2.45) is 0 Å². The highest BCUT2D eigenvalue weighted by atomic mass is 35.5. The summed E-state index contributed by atoms with van der Waals surface area (Å²) in [6.45, 7) is 0.162. The number of hydrogen-bond acceptors (Lipinski definition) is 3. The van der Waals surface area contributed by atoms with Gasteiger partial charge in [-0.3, -0.25) is 4.79 Å². The van der Waals surface area contributed by atoms with Crippen LogP contribution in [0.4, 0.5) is 8.78 Å². The number of hydrogen-bond donors (Lipinski definition) is 0. The van der Waals surface area contributed by atoms with Crippen LogP contribution in [0.15, 0.2) is 40.8 Å². The average Bonchev–Trinajstić information content (AvgIpc) is 3.35. The summed E-state index contributed by atoms with van der Waals surface area (Å²) in [7, 11) is 0. The fourth-order valence-electron chi connectivity index (χ4n) is 2.71. The molecule has 0 saturated heterocycles. The van der Waals surface area contributed by atoms with Crippen molar-refractivity contribution in [2.45, 2.75) is 25.4 Å². The summed E-state index contributed by atoms with van der Waals surface area (Å²) in [4.78, 5) is 18.6. The van der Waals surface area contributed by atoms with E-state index >= 15 is 0 Å². The van der Waals surface area contributed by atoms with Crippen LogP contribution in [0.1, 0.15) is 29.1 Å². The molecule has 1 aliphatic rings. The van der Waals surface area contributed by atoms with Gasteiger partial charge in [0.15, 0.2) is 17.2 Å². The first-order chi connectivity index (χ1) is 12.0. The number of fused-ring (bicyclic) bond motifs is 1. The third kappa shape index (κ3) is 3.22. The number of rotatable bonds is 4. The number of nitrogens with zero attached hydrogens (tertiary/aromatic N) is 2. The Hall–Kier alpha value is -2.47. The molecule has 0 atom stereocenters. The zero-order valence-corrected chi connectivity index (χ0v) is 13.8. The summed E-state index contributed by atoms with van der Waals surface area (Å²) in [5, 5.41) is 0.546. The maximum atomic E-state index is 13.4. The maximum absolute atomic E-state index is 13.4. The quantitative estimate of drug-likeness (QED) is 0.683. The van der Waals surface area contributed by atoms with Crippen LogP contribution in [0.25, 0.3) is 11.1 Å². The summed E-state index contributed by atoms with van der Waals surface area (Å²) in [6, 6.07) is 8.30. The van der Waals surface area contributed by atoms with Gasteiger partial charge in [0.1, 0.15) is 5.52 Å². The SMILES string of the molecule is O=C(c1ccc(F)c(F)c1)N(Cc1nc2cc(Cl)ccc2o1)C1CC1. The van der Waals surface area contributed by atoms with Crippen LogP contribution < -0.4 is 0 Å². The zero-order valence-electron chi connectivity index (χ0n) is 13.0. The van der Waals surface area contributed by atoms with Gasteiger partial charge in [-0.1, -0.05) is 11.6 Å². The molecule has 0 unspecified atom stereocenters. The minimum atomic E-state index is -1.04. The third-order valence-electron chi connectivity index (χ3n) is 4.11. The summed E-state index contributed by atoms with van der Waals surface area (Å²) < 4.78 is 32.2. The van der Waals surface area contributed by atoms with Gasteiger partial charge in [-0.2, -0.15) is 0 Å². The molecule has 1 heterocycles. The van der Waals surface area contributed by atoms with Gasteiger partial charge >= 0.3 is 0 Å². The molecule has 128 valence electrons. The fourth-order valence-corrected chi connectivity index (χ4v) is 2.88. The van der Waals surface area contributed by atoms with Crippen LogP contribution in [0.2, 0.25) is 5.02 Å². The van der Waals surface area contributed by atoms with Crippen molar-refractivity contribution in [1.82, 2.24) is 9.88 Å². The van der Waals surface area contributed by atoms with E-state index in [-0.39, 0.29) is 24.1 Å². The highest BCUT2D eigenvalue weighted by molar-refractivity contribution is 6.31. The third-order valence-corrected chi connectivity index (χ3v) is 4.35. The molecule has 1 aliphatic carbocycles. The highest BCUT2D eigenvalue weighted by Crippen LogP contribution is 2.31.